The van der Waals surface area contributed by atoms with Crippen LogP contribution in [0.2, 0.25) is 0 Å². The van der Waals surface area contributed by atoms with Crippen molar-refractivity contribution < 1.29 is 23.5 Å². The molecule has 5 heteroatoms. The largest absolute Gasteiger partial charge is 0.469 e. The number of benzene rings is 2. The molecule has 0 aliphatic heterocycles. The van der Waals surface area contributed by atoms with E-state index in [2.05, 4.69) is 4.74 Å². The Bertz CT molecular complexity index is 668. The number of methoxy groups -OCH3 is 1. The molecule has 2 aromatic carbocycles. The quantitative estimate of drug-likeness (QED) is 0.797. The molecule has 0 fully saturated rings. The van der Waals surface area contributed by atoms with Crippen LogP contribution in [0.15, 0.2) is 48.5 Å². The van der Waals surface area contributed by atoms with Crippen molar-refractivity contribution in [2.24, 2.45) is 0 Å². The standard InChI is InChI=1S/C17H15FO4/c1-21-16(19)10-13-7-8-14(15(18)9-13)17(20)22-11-12-5-3-2-4-6-12/h2-9H,10-11H2,1H3. The number of halogens is 1. The average Bonchev–Trinajstić information content (AvgIpc) is 2.53. The van der Waals surface area contributed by atoms with Gasteiger partial charge in [-0.15, -0.1) is 0 Å². The number of ether oxygens (including phenoxy) is 2. The summed E-state index contributed by atoms with van der Waals surface area (Å²) in [5.74, 6) is -1.94. The highest BCUT2D eigenvalue weighted by atomic mass is 19.1. The molecule has 22 heavy (non-hydrogen) atoms. The number of rotatable bonds is 5. The Labute approximate surface area is 127 Å². The molecule has 2 aromatic rings. The molecule has 0 bridgehead atoms. The monoisotopic (exact) mass is 302 g/mol. The Morgan fingerprint density at radius 1 is 1.05 bits per heavy atom. The highest BCUT2D eigenvalue weighted by Crippen LogP contribution is 2.14. The van der Waals surface area contributed by atoms with Crippen LogP contribution in [0, 0.1) is 5.82 Å². The van der Waals surface area contributed by atoms with Gasteiger partial charge in [0.2, 0.25) is 0 Å². The Morgan fingerprint density at radius 2 is 1.77 bits per heavy atom. The van der Waals surface area contributed by atoms with Gasteiger partial charge in [-0.2, -0.15) is 0 Å². The summed E-state index contributed by atoms with van der Waals surface area (Å²) in [4.78, 5) is 23.0. The van der Waals surface area contributed by atoms with E-state index in [0.717, 1.165) is 11.6 Å². The Morgan fingerprint density at radius 3 is 2.41 bits per heavy atom. The third-order valence-electron chi connectivity index (χ3n) is 3.04. The molecule has 0 aliphatic carbocycles. The predicted molar refractivity (Wildman–Crippen MR) is 77.7 cm³/mol. The van der Waals surface area contributed by atoms with Crippen molar-refractivity contribution in [1.82, 2.24) is 0 Å². The zero-order valence-electron chi connectivity index (χ0n) is 12.0. The summed E-state index contributed by atoms with van der Waals surface area (Å²) in [6, 6.07) is 13.1. The lowest BCUT2D eigenvalue weighted by Gasteiger charge is -2.07. The zero-order valence-corrected chi connectivity index (χ0v) is 12.0. The van der Waals surface area contributed by atoms with Crippen LogP contribution in [0.3, 0.4) is 0 Å². The van der Waals surface area contributed by atoms with Gasteiger partial charge in [0.15, 0.2) is 0 Å². The molecule has 0 atom stereocenters. The fourth-order valence-corrected chi connectivity index (χ4v) is 1.87. The van der Waals surface area contributed by atoms with Gasteiger partial charge in [0, 0.05) is 0 Å². The van der Waals surface area contributed by atoms with Crippen LogP contribution >= 0.6 is 0 Å². The molecule has 114 valence electrons. The van der Waals surface area contributed by atoms with Crippen LogP contribution in [-0.4, -0.2) is 19.0 Å². The van der Waals surface area contributed by atoms with Gasteiger partial charge in [0.1, 0.15) is 12.4 Å². The van der Waals surface area contributed by atoms with Crippen molar-refractivity contribution in [3.05, 3.63) is 71.0 Å². The molecule has 0 spiro atoms. The molecule has 0 unspecified atom stereocenters. The van der Waals surface area contributed by atoms with Crippen LogP contribution in [0.4, 0.5) is 4.39 Å². The first-order chi connectivity index (χ1) is 10.6. The minimum absolute atomic E-state index is 0.0488. The summed E-state index contributed by atoms with van der Waals surface area (Å²) in [5, 5.41) is 0. The van der Waals surface area contributed by atoms with E-state index >= 15 is 0 Å². The zero-order chi connectivity index (χ0) is 15.9. The lowest BCUT2D eigenvalue weighted by atomic mass is 10.1. The molecule has 2 rings (SSSR count). The van der Waals surface area contributed by atoms with Crippen molar-refractivity contribution in [3.63, 3.8) is 0 Å². The van der Waals surface area contributed by atoms with E-state index in [4.69, 9.17) is 4.74 Å². The third-order valence-corrected chi connectivity index (χ3v) is 3.04. The molecule has 0 aliphatic rings. The maximum atomic E-state index is 13.9. The first-order valence-electron chi connectivity index (χ1n) is 6.66. The maximum Gasteiger partial charge on any atom is 0.341 e. The summed E-state index contributed by atoms with van der Waals surface area (Å²) in [6.45, 7) is 0.0724. The predicted octanol–water partition coefficient (Wildman–Crippen LogP) is 2.90. The number of carbonyl (C=O) groups is 2. The topological polar surface area (TPSA) is 52.6 Å². The second-order valence-electron chi connectivity index (χ2n) is 4.63. The fourth-order valence-electron chi connectivity index (χ4n) is 1.87. The van der Waals surface area contributed by atoms with E-state index in [9.17, 15) is 14.0 Å². The molecular weight excluding hydrogens is 287 g/mol. The number of esters is 2. The van der Waals surface area contributed by atoms with Crippen LogP contribution in [0.1, 0.15) is 21.5 Å². The lowest BCUT2D eigenvalue weighted by Crippen LogP contribution is -2.09. The van der Waals surface area contributed by atoms with Crippen molar-refractivity contribution in [3.8, 4) is 0 Å². The third kappa shape index (κ3) is 4.15. The smallest absolute Gasteiger partial charge is 0.341 e. The maximum absolute atomic E-state index is 13.9. The molecule has 0 heterocycles. The van der Waals surface area contributed by atoms with Gasteiger partial charge >= 0.3 is 11.9 Å². The van der Waals surface area contributed by atoms with E-state index in [1.807, 2.05) is 30.3 Å². The van der Waals surface area contributed by atoms with Gasteiger partial charge in [-0.1, -0.05) is 36.4 Å². The van der Waals surface area contributed by atoms with E-state index in [1.165, 1.54) is 19.2 Å². The van der Waals surface area contributed by atoms with Gasteiger partial charge in [0.05, 0.1) is 19.1 Å². The van der Waals surface area contributed by atoms with E-state index in [1.54, 1.807) is 0 Å². The van der Waals surface area contributed by atoms with Crippen LogP contribution in [0.5, 0.6) is 0 Å². The molecule has 0 aromatic heterocycles. The Balaban J connectivity index is 2.02. The normalized spacial score (nSPS) is 10.1. The first kappa shape index (κ1) is 15.7. The molecule has 0 saturated heterocycles. The lowest BCUT2D eigenvalue weighted by molar-refractivity contribution is -0.139. The van der Waals surface area contributed by atoms with Crippen LogP contribution in [-0.2, 0) is 27.3 Å². The number of hydrogen-bond acceptors (Lipinski definition) is 4. The van der Waals surface area contributed by atoms with E-state index < -0.39 is 17.8 Å². The SMILES string of the molecule is COC(=O)Cc1ccc(C(=O)OCc2ccccc2)c(F)c1. The van der Waals surface area contributed by atoms with E-state index in [-0.39, 0.29) is 18.6 Å². The summed E-state index contributed by atoms with van der Waals surface area (Å²) >= 11 is 0. The average molecular weight is 302 g/mol. The Kier molecular flexibility index (Phi) is 5.25. The fraction of sp³-hybridized carbons (Fsp3) is 0.176. The summed E-state index contributed by atoms with van der Waals surface area (Å²) in [6.07, 6.45) is -0.0488. The molecule has 4 nitrogen and oxygen atoms in total. The molecule has 0 radical (unpaired) electrons. The molecule has 0 N–H and O–H groups in total. The highest BCUT2D eigenvalue weighted by molar-refractivity contribution is 5.89. The summed E-state index contributed by atoms with van der Waals surface area (Å²) in [5.41, 5.74) is 1.09. The molecule has 0 saturated carbocycles. The number of hydrogen-bond donors (Lipinski definition) is 0. The van der Waals surface area contributed by atoms with Crippen LogP contribution < -0.4 is 0 Å². The van der Waals surface area contributed by atoms with Crippen molar-refractivity contribution in [1.29, 1.82) is 0 Å². The van der Waals surface area contributed by atoms with Gasteiger partial charge in [-0.05, 0) is 23.3 Å². The minimum Gasteiger partial charge on any atom is -0.469 e. The van der Waals surface area contributed by atoms with Gasteiger partial charge in [0.25, 0.3) is 0 Å². The second-order valence-corrected chi connectivity index (χ2v) is 4.63. The minimum atomic E-state index is -0.744. The second kappa shape index (κ2) is 7.36. The van der Waals surface area contributed by atoms with Gasteiger partial charge in [-0.3, -0.25) is 4.79 Å². The molecular formula is C17H15FO4. The van der Waals surface area contributed by atoms with E-state index in [0.29, 0.717) is 5.56 Å². The van der Waals surface area contributed by atoms with Crippen molar-refractivity contribution in [2.75, 3.05) is 7.11 Å². The van der Waals surface area contributed by atoms with Gasteiger partial charge in [-0.25, -0.2) is 9.18 Å². The van der Waals surface area contributed by atoms with Gasteiger partial charge < -0.3 is 9.47 Å². The summed E-state index contributed by atoms with van der Waals surface area (Å²) < 4.78 is 23.5. The van der Waals surface area contributed by atoms with Crippen LogP contribution in [0.25, 0.3) is 0 Å². The Hall–Kier alpha value is -2.69. The molecule has 0 amide bonds. The first-order valence-corrected chi connectivity index (χ1v) is 6.66. The highest BCUT2D eigenvalue weighted by Gasteiger charge is 2.15. The van der Waals surface area contributed by atoms with Crippen molar-refractivity contribution in [2.45, 2.75) is 13.0 Å². The number of carbonyl (C=O) groups excluding carboxylic acids is 2. The summed E-state index contributed by atoms with van der Waals surface area (Å²) in [7, 11) is 1.26. The van der Waals surface area contributed by atoms with Crippen molar-refractivity contribution >= 4 is 11.9 Å².